The van der Waals surface area contributed by atoms with E-state index in [0.29, 0.717) is 12.1 Å². The fraction of sp³-hybridized carbons (Fsp3) is 0.111. The van der Waals surface area contributed by atoms with Gasteiger partial charge in [-0.1, -0.05) is 18.2 Å². The molecule has 116 valence electrons. The van der Waals surface area contributed by atoms with E-state index in [4.69, 9.17) is 0 Å². The lowest BCUT2D eigenvalue weighted by atomic mass is 10.1. The highest BCUT2D eigenvalue weighted by Gasteiger charge is 2.09. The molecular weight excluding hydrogens is 293 g/mol. The smallest absolute Gasteiger partial charge is 0.255 e. The number of carbonyl (C=O) groups is 1. The Balaban J connectivity index is 1.71. The Morgan fingerprint density at radius 3 is 2.70 bits per heavy atom. The highest BCUT2D eigenvalue weighted by Crippen LogP contribution is 2.17. The first-order valence-electron chi connectivity index (χ1n) is 7.26. The number of nitrogens with one attached hydrogen (secondary N) is 1. The molecule has 5 heteroatoms. The Hall–Kier alpha value is -2.95. The maximum Gasteiger partial charge on any atom is 0.255 e. The summed E-state index contributed by atoms with van der Waals surface area (Å²) in [5.74, 6) is -0.778. The number of halogens is 1. The number of aryl methyl sites for hydroxylation is 1. The average Bonchev–Trinajstić information content (AvgIpc) is 3.04. The fourth-order valence-electron chi connectivity index (χ4n) is 2.27. The minimum absolute atomic E-state index is 0.190. The molecule has 0 spiro atoms. The summed E-state index contributed by atoms with van der Waals surface area (Å²) in [6.07, 6.45) is 3.60. The summed E-state index contributed by atoms with van der Waals surface area (Å²) in [5, 5.41) is 6.74. The van der Waals surface area contributed by atoms with Crippen molar-refractivity contribution < 1.29 is 9.18 Å². The van der Waals surface area contributed by atoms with Crippen molar-refractivity contribution in [2.45, 2.75) is 13.5 Å². The van der Waals surface area contributed by atoms with Gasteiger partial charge in [0.25, 0.3) is 5.91 Å². The van der Waals surface area contributed by atoms with Crippen LogP contribution in [0.3, 0.4) is 0 Å². The van der Waals surface area contributed by atoms with E-state index in [9.17, 15) is 9.18 Å². The van der Waals surface area contributed by atoms with E-state index >= 15 is 0 Å². The van der Waals surface area contributed by atoms with Crippen LogP contribution in [0.25, 0.3) is 0 Å². The van der Waals surface area contributed by atoms with Gasteiger partial charge < -0.3 is 5.32 Å². The van der Waals surface area contributed by atoms with E-state index in [1.54, 1.807) is 35.1 Å². The van der Waals surface area contributed by atoms with Crippen LogP contribution in [0.1, 0.15) is 21.5 Å². The number of hydrogen-bond donors (Lipinski definition) is 1. The van der Waals surface area contributed by atoms with Crippen LogP contribution in [-0.4, -0.2) is 15.7 Å². The number of nitrogens with zero attached hydrogens (tertiary/aromatic N) is 2. The molecule has 1 aromatic heterocycles. The molecular formula is C18H16FN3O. The summed E-state index contributed by atoms with van der Waals surface area (Å²) < 4.78 is 15.5. The van der Waals surface area contributed by atoms with Gasteiger partial charge >= 0.3 is 0 Å². The lowest BCUT2D eigenvalue weighted by molar-refractivity contribution is 0.102. The standard InChI is InChI=1S/C18H16FN3O/c1-13-3-8-16(19)17(11-13)21-18(23)15-6-4-14(5-7-15)12-22-10-2-9-20-22/h2-11H,12H2,1H3,(H,21,23). The normalized spacial score (nSPS) is 10.5. The number of hydrogen-bond acceptors (Lipinski definition) is 2. The Morgan fingerprint density at radius 2 is 2.00 bits per heavy atom. The predicted octanol–water partition coefficient (Wildman–Crippen LogP) is 3.63. The van der Waals surface area contributed by atoms with Gasteiger partial charge in [-0.15, -0.1) is 0 Å². The number of carbonyl (C=O) groups excluding carboxylic acids is 1. The monoisotopic (exact) mass is 309 g/mol. The van der Waals surface area contributed by atoms with Crippen LogP contribution in [0.5, 0.6) is 0 Å². The molecule has 4 nitrogen and oxygen atoms in total. The molecule has 0 fully saturated rings. The van der Waals surface area contributed by atoms with Gasteiger partial charge in [0, 0.05) is 18.0 Å². The third-order valence-corrected chi connectivity index (χ3v) is 3.49. The molecule has 0 radical (unpaired) electrons. The fourth-order valence-corrected chi connectivity index (χ4v) is 2.27. The zero-order valence-electron chi connectivity index (χ0n) is 12.7. The molecule has 3 aromatic rings. The van der Waals surface area contributed by atoms with E-state index in [0.717, 1.165) is 11.1 Å². The third kappa shape index (κ3) is 3.63. The molecule has 1 N–H and O–H groups in total. The Kier molecular flexibility index (Phi) is 4.19. The van der Waals surface area contributed by atoms with E-state index in [-0.39, 0.29) is 11.6 Å². The van der Waals surface area contributed by atoms with Crippen molar-refractivity contribution in [2.24, 2.45) is 0 Å². The molecule has 0 saturated heterocycles. The second-order valence-electron chi connectivity index (χ2n) is 5.34. The van der Waals surface area contributed by atoms with Crippen molar-refractivity contribution in [2.75, 3.05) is 5.32 Å². The van der Waals surface area contributed by atoms with E-state index in [2.05, 4.69) is 10.4 Å². The van der Waals surface area contributed by atoms with Crippen LogP contribution < -0.4 is 5.32 Å². The summed E-state index contributed by atoms with van der Waals surface area (Å²) in [6, 6.07) is 13.7. The number of rotatable bonds is 4. The first-order chi connectivity index (χ1) is 11.1. The summed E-state index contributed by atoms with van der Waals surface area (Å²) in [7, 11) is 0. The Labute approximate surface area is 133 Å². The molecule has 3 rings (SSSR count). The second kappa shape index (κ2) is 6.44. The lowest BCUT2D eigenvalue weighted by Gasteiger charge is -2.08. The van der Waals surface area contributed by atoms with Crippen LogP contribution in [0.2, 0.25) is 0 Å². The molecule has 1 heterocycles. The van der Waals surface area contributed by atoms with Crippen LogP contribution in [-0.2, 0) is 6.54 Å². The van der Waals surface area contributed by atoms with E-state index in [1.807, 2.05) is 31.3 Å². The minimum Gasteiger partial charge on any atom is -0.319 e. The van der Waals surface area contributed by atoms with Crippen LogP contribution in [0, 0.1) is 12.7 Å². The van der Waals surface area contributed by atoms with Gasteiger partial charge in [-0.05, 0) is 48.4 Å². The van der Waals surface area contributed by atoms with E-state index < -0.39 is 5.82 Å². The molecule has 0 bridgehead atoms. The summed E-state index contributed by atoms with van der Waals surface area (Å²) in [6.45, 7) is 2.49. The van der Waals surface area contributed by atoms with Crippen molar-refractivity contribution in [1.29, 1.82) is 0 Å². The number of benzene rings is 2. The topological polar surface area (TPSA) is 46.9 Å². The zero-order chi connectivity index (χ0) is 16.2. The molecule has 1 amide bonds. The van der Waals surface area contributed by atoms with Gasteiger partial charge in [0.2, 0.25) is 0 Å². The highest BCUT2D eigenvalue weighted by molar-refractivity contribution is 6.04. The first-order valence-corrected chi connectivity index (χ1v) is 7.26. The van der Waals surface area contributed by atoms with Gasteiger partial charge in [0.1, 0.15) is 5.82 Å². The second-order valence-corrected chi connectivity index (χ2v) is 5.34. The van der Waals surface area contributed by atoms with Crippen molar-refractivity contribution >= 4 is 11.6 Å². The van der Waals surface area contributed by atoms with Crippen LogP contribution in [0.15, 0.2) is 60.9 Å². The molecule has 0 saturated carbocycles. The van der Waals surface area contributed by atoms with Gasteiger partial charge in [-0.2, -0.15) is 5.10 Å². The first kappa shape index (κ1) is 15.0. The molecule has 2 aromatic carbocycles. The molecule has 0 aliphatic rings. The number of amides is 1. The SMILES string of the molecule is Cc1ccc(F)c(NC(=O)c2ccc(Cn3cccn3)cc2)c1. The highest BCUT2D eigenvalue weighted by atomic mass is 19.1. The predicted molar refractivity (Wildman–Crippen MR) is 86.9 cm³/mol. The summed E-state index contributed by atoms with van der Waals surface area (Å²) >= 11 is 0. The van der Waals surface area contributed by atoms with Crippen LogP contribution in [0.4, 0.5) is 10.1 Å². The molecule has 0 aliphatic heterocycles. The van der Waals surface area contributed by atoms with Gasteiger partial charge in [0.05, 0.1) is 12.2 Å². The molecule has 23 heavy (non-hydrogen) atoms. The summed E-state index contributed by atoms with van der Waals surface area (Å²) in [4.78, 5) is 12.2. The number of anilines is 1. The van der Waals surface area contributed by atoms with Crippen molar-refractivity contribution in [3.05, 3.63) is 83.4 Å². The molecule has 0 atom stereocenters. The van der Waals surface area contributed by atoms with Crippen LogP contribution >= 0.6 is 0 Å². The Bertz CT molecular complexity index is 811. The largest absolute Gasteiger partial charge is 0.319 e. The van der Waals surface area contributed by atoms with Crippen molar-refractivity contribution in [3.63, 3.8) is 0 Å². The maximum absolute atomic E-state index is 13.7. The number of aromatic nitrogens is 2. The lowest BCUT2D eigenvalue weighted by Crippen LogP contribution is -2.13. The molecule has 0 unspecified atom stereocenters. The maximum atomic E-state index is 13.7. The quantitative estimate of drug-likeness (QED) is 0.800. The average molecular weight is 309 g/mol. The third-order valence-electron chi connectivity index (χ3n) is 3.49. The minimum atomic E-state index is -0.445. The zero-order valence-corrected chi connectivity index (χ0v) is 12.7. The Morgan fingerprint density at radius 1 is 1.22 bits per heavy atom. The van der Waals surface area contributed by atoms with E-state index in [1.165, 1.54) is 6.07 Å². The van der Waals surface area contributed by atoms with Gasteiger partial charge in [-0.3, -0.25) is 9.48 Å². The summed E-state index contributed by atoms with van der Waals surface area (Å²) in [5.41, 5.74) is 2.59. The molecule has 0 aliphatic carbocycles. The van der Waals surface area contributed by atoms with Gasteiger partial charge in [0.15, 0.2) is 0 Å². The van der Waals surface area contributed by atoms with Gasteiger partial charge in [-0.25, -0.2) is 4.39 Å². The van der Waals surface area contributed by atoms with Crippen molar-refractivity contribution in [3.8, 4) is 0 Å². The van der Waals surface area contributed by atoms with Crippen molar-refractivity contribution in [1.82, 2.24) is 9.78 Å².